The van der Waals surface area contributed by atoms with Gasteiger partial charge in [-0.25, -0.2) is 0 Å². The average Bonchev–Trinajstić information content (AvgIpc) is 2.65. The summed E-state index contributed by atoms with van der Waals surface area (Å²) in [5.41, 5.74) is 0. The lowest BCUT2D eigenvalue weighted by molar-refractivity contribution is -0.145. The molecule has 0 bridgehead atoms. The molecule has 2 heteroatoms. The van der Waals surface area contributed by atoms with Gasteiger partial charge < -0.3 is 4.74 Å². The van der Waals surface area contributed by atoms with Gasteiger partial charge >= 0.3 is 5.97 Å². The van der Waals surface area contributed by atoms with Gasteiger partial charge in [0.2, 0.25) is 0 Å². The Hall–Kier alpha value is -0.530. The number of carbonyl (C=O) groups is 1. The van der Waals surface area contributed by atoms with E-state index in [2.05, 4.69) is 13.8 Å². The summed E-state index contributed by atoms with van der Waals surface area (Å²) in [6.45, 7) is 6.68. The molecule has 1 saturated carbocycles. The van der Waals surface area contributed by atoms with E-state index in [0.717, 1.165) is 6.42 Å². The van der Waals surface area contributed by atoms with Crippen LogP contribution in [-0.2, 0) is 9.53 Å². The van der Waals surface area contributed by atoms with Crippen LogP contribution < -0.4 is 0 Å². The van der Waals surface area contributed by atoms with E-state index in [1.807, 2.05) is 6.92 Å². The summed E-state index contributed by atoms with van der Waals surface area (Å²) in [6.07, 6.45) is 1.04. The summed E-state index contributed by atoms with van der Waals surface area (Å²) in [4.78, 5) is 11.1. The first-order valence-corrected chi connectivity index (χ1v) is 4.33. The van der Waals surface area contributed by atoms with Crippen molar-refractivity contribution in [2.24, 2.45) is 17.8 Å². The molecule has 2 atom stereocenters. The van der Waals surface area contributed by atoms with Crippen LogP contribution in [0.4, 0.5) is 0 Å². The quantitative estimate of drug-likeness (QED) is 0.583. The van der Waals surface area contributed by atoms with Crippen molar-refractivity contribution in [2.45, 2.75) is 27.2 Å². The highest BCUT2D eigenvalue weighted by molar-refractivity contribution is 5.75. The van der Waals surface area contributed by atoms with Crippen molar-refractivity contribution in [3.63, 3.8) is 0 Å². The second-order valence-electron chi connectivity index (χ2n) is 3.50. The molecule has 0 saturated heterocycles. The first-order valence-electron chi connectivity index (χ1n) is 4.33. The van der Waals surface area contributed by atoms with E-state index in [1.54, 1.807) is 0 Å². The van der Waals surface area contributed by atoms with Gasteiger partial charge in [0.05, 0.1) is 12.5 Å². The minimum absolute atomic E-state index is 0.00574. The van der Waals surface area contributed by atoms with Gasteiger partial charge in [-0.1, -0.05) is 13.8 Å². The molecule has 0 amide bonds. The molecule has 1 rings (SSSR count). The second kappa shape index (κ2) is 3.24. The van der Waals surface area contributed by atoms with Crippen molar-refractivity contribution in [3.05, 3.63) is 0 Å². The Labute approximate surface area is 67.9 Å². The highest BCUT2D eigenvalue weighted by Crippen LogP contribution is 2.44. The van der Waals surface area contributed by atoms with Crippen LogP contribution in [0, 0.1) is 17.8 Å². The molecule has 0 aliphatic heterocycles. The van der Waals surface area contributed by atoms with Crippen LogP contribution in [0.2, 0.25) is 0 Å². The third-order valence-corrected chi connectivity index (χ3v) is 2.29. The van der Waals surface area contributed by atoms with E-state index in [-0.39, 0.29) is 11.9 Å². The maximum Gasteiger partial charge on any atom is 0.309 e. The smallest absolute Gasteiger partial charge is 0.309 e. The Bertz CT molecular complexity index is 152. The van der Waals surface area contributed by atoms with Gasteiger partial charge in [0.1, 0.15) is 0 Å². The Morgan fingerprint density at radius 1 is 1.64 bits per heavy atom. The molecule has 0 radical (unpaired) electrons. The fraction of sp³-hybridized carbons (Fsp3) is 0.889. The summed E-state index contributed by atoms with van der Waals surface area (Å²) < 4.78 is 4.91. The molecule has 0 unspecified atom stereocenters. The van der Waals surface area contributed by atoms with Crippen molar-refractivity contribution in [1.29, 1.82) is 0 Å². The van der Waals surface area contributed by atoms with E-state index in [9.17, 15) is 4.79 Å². The number of rotatable bonds is 3. The maximum absolute atomic E-state index is 11.1. The van der Waals surface area contributed by atoms with E-state index < -0.39 is 0 Å². The predicted molar refractivity (Wildman–Crippen MR) is 43.1 cm³/mol. The monoisotopic (exact) mass is 156 g/mol. The highest BCUT2D eigenvalue weighted by atomic mass is 16.5. The van der Waals surface area contributed by atoms with Crippen LogP contribution in [0.5, 0.6) is 0 Å². The predicted octanol–water partition coefficient (Wildman–Crippen LogP) is 1.84. The summed E-state index contributed by atoms with van der Waals surface area (Å²) in [5.74, 6) is 1.44. The number of ether oxygens (including phenoxy) is 1. The molecular formula is C9H16O2. The van der Waals surface area contributed by atoms with Gasteiger partial charge in [0, 0.05) is 0 Å². The lowest BCUT2D eigenvalue weighted by Crippen LogP contribution is -2.09. The van der Waals surface area contributed by atoms with E-state index in [1.165, 1.54) is 0 Å². The SMILES string of the molecule is CCOC(=O)[C@@H]1C[C@@H]1C(C)C. The molecule has 11 heavy (non-hydrogen) atoms. The molecule has 0 N–H and O–H groups in total. The van der Waals surface area contributed by atoms with Gasteiger partial charge in [0.15, 0.2) is 0 Å². The minimum Gasteiger partial charge on any atom is -0.466 e. The van der Waals surface area contributed by atoms with Crippen molar-refractivity contribution in [3.8, 4) is 0 Å². The van der Waals surface area contributed by atoms with Gasteiger partial charge in [-0.05, 0) is 25.2 Å². The molecule has 1 aliphatic rings. The number of hydrogen-bond donors (Lipinski definition) is 0. The Morgan fingerprint density at radius 3 is 2.64 bits per heavy atom. The van der Waals surface area contributed by atoms with E-state index >= 15 is 0 Å². The highest BCUT2D eigenvalue weighted by Gasteiger charge is 2.45. The van der Waals surface area contributed by atoms with Gasteiger partial charge in [-0.2, -0.15) is 0 Å². The topological polar surface area (TPSA) is 26.3 Å². The van der Waals surface area contributed by atoms with Crippen molar-refractivity contribution >= 4 is 5.97 Å². The molecular weight excluding hydrogens is 140 g/mol. The number of hydrogen-bond acceptors (Lipinski definition) is 2. The normalized spacial score (nSPS) is 28.7. The Balaban J connectivity index is 2.26. The zero-order valence-corrected chi connectivity index (χ0v) is 7.46. The zero-order valence-electron chi connectivity index (χ0n) is 7.46. The molecule has 2 nitrogen and oxygen atoms in total. The van der Waals surface area contributed by atoms with E-state index in [0.29, 0.717) is 18.4 Å². The van der Waals surface area contributed by atoms with E-state index in [4.69, 9.17) is 4.74 Å². The van der Waals surface area contributed by atoms with Crippen LogP contribution in [0.25, 0.3) is 0 Å². The van der Waals surface area contributed by atoms with Crippen LogP contribution in [0.15, 0.2) is 0 Å². The molecule has 0 spiro atoms. The number of carbonyl (C=O) groups excluding carboxylic acids is 1. The molecule has 0 aromatic carbocycles. The van der Waals surface area contributed by atoms with Gasteiger partial charge in [0.25, 0.3) is 0 Å². The summed E-state index contributed by atoms with van der Waals surface area (Å²) in [7, 11) is 0. The fourth-order valence-corrected chi connectivity index (χ4v) is 1.47. The Kier molecular flexibility index (Phi) is 2.53. The van der Waals surface area contributed by atoms with Crippen LogP contribution in [-0.4, -0.2) is 12.6 Å². The van der Waals surface area contributed by atoms with Gasteiger partial charge in [-0.15, -0.1) is 0 Å². The summed E-state index contributed by atoms with van der Waals surface area (Å²) >= 11 is 0. The molecule has 0 aromatic rings. The van der Waals surface area contributed by atoms with Crippen LogP contribution in [0.1, 0.15) is 27.2 Å². The van der Waals surface area contributed by atoms with Crippen LogP contribution in [0.3, 0.4) is 0 Å². The van der Waals surface area contributed by atoms with Crippen molar-refractivity contribution in [1.82, 2.24) is 0 Å². The van der Waals surface area contributed by atoms with Crippen molar-refractivity contribution in [2.75, 3.05) is 6.61 Å². The minimum atomic E-state index is 0.00574. The molecule has 1 aliphatic carbocycles. The lowest BCUT2D eigenvalue weighted by atomic mass is 10.1. The standard InChI is InChI=1S/C9H16O2/c1-4-11-9(10)8-5-7(8)6(2)3/h6-8H,4-5H2,1-3H3/t7-,8-/m1/s1. The molecule has 0 aromatic heterocycles. The fourth-order valence-electron chi connectivity index (χ4n) is 1.47. The lowest BCUT2D eigenvalue weighted by Gasteiger charge is -2.02. The number of esters is 1. The van der Waals surface area contributed by atoms with Crippen LogP contribution >= 0.6 is 0 Å². The summed E-state index contributed by atoms with van der Waals surface area (Å²) in [6, 6.07) is 0. The first-order chi connectivity index (χ1) is 5.16. The summed E-state index contributed by atoms with van der Waals surface area (Å²) in [5, 5.41) is 0. The van der Waals surface area contributed by atoms with Gasteiger partial charge in [-0.3, -0.25) is 4.79 Å². The third-order valence-electron chi connectivity index (χ3n) is 2.29. The molecule has 1 fully saturated rings. The second-order valence-corrected chi connectivity index (χ2v) is 3.50. The largest absolute Gasteiger partial charge is 0.466 e. The molecule has 0 heterocycles. The Morgan fingerprint density at radius 2 is 2.27 bits per heavy atom. The average molecular weight is 156 g/mol. The first kappa shape index (κ1) is 8.57. The maximum atomic E-state index is 11.1. The molecule has 64 valence electrons. The zero-order chi connectivity index (χ0) is 8.43. The van der Waals surface area contributed by atoms with Crippen molar-refractivity contribution < 1.29 is 9.53 Å². The third kappa shape index (κ3) is 1.95.